The van der Waals surface area contributed by atoms with Crippen LogP contribution in [0.3, 0.4) is 0 Å². The van der Waals surface area contributed by atoms with Crippen molar-refractivity contribution in [3.63, 3.8) is 0 Å². The number of aliphatic hydroxyl groups excluding tert-OH is 2. The van der Waals surface area contributed by atoms with E-state index in [0.717, 1.165) is 0 Å². The second-order valence-electron chi connectivity index (χ2n) is 6.78. The molecule has 0 aromatic carbocycles. The number of hydrogen-bond donors (Lipinski definition) is 6. The van der Waals surface area contributed by atoms with Crippen molar-refractivity contribution in [3.05, 3.63) is 12.7 Å². The summed E-state index contributed by atoms with van der Waals surface area (Å²) in [4.78, 5) is 31.4. The van der Waals surface area contributed by atoms with Gasteiger partial charge >= 0.3 is 5.97 Å². The molecule has 0 spiro atoms. The van der Waals surface area contributed by atoms with Gasteiger partial charge in [0.05, 0.1) is 12.6 Å². The molecule has 0 bridgehead atoms. The number of aliphatic carboxylic acids is 1. The van der Waals surface area contributed by atoms with Gasteiger partial charge in [-0.05, 0) is 10.9 Å². The predicted octanol–water partition coefficient (Wildman–Crippen LogP) is -3.03. The maximum atomic E-state index is 10.8. The second kappa shape index (κ2) is 10.5. The Hall–Kier alpha value is -2.72. The van der Waals surface area contributed by atoms with Crippen molar-refractivity contribution in [1.82, 2.24) is 19.5 Å². The van der Waals surface area contributed by atoms with Crippen molar-refractivity contribution in [2.75, 3.05) is 23.5 Å². The third-order valence-electron chi connectivity index (χ3n) is 4.54. The SMILES string of the molecule is C[S+](CC[C@H](N)C(=O)O)C[C@H]1O[C@@H](n2cnc3c(N)ncnc32)[C@H](O)[C@@H]1O.O=C([O-])O. The Balaban J connectivity index is 0.000000785. The number of carbonyl (C=O) groups is 2. The summed E-state index contributed by atoms with van der Waals surface area (Å²) in [6.45, 7) is 0. The number of rotatable bonds is 7. The largest absolute Gasteiger partial charge is 0.565 e. The normalized spacial score (nSPS) is 24.9. The summed E-state index contributed by atoms with van der Waals surface area (Å²) in [6.07, 6.45) is -0.775. The number of anilines is 1. The van der Waals surface area contributed by atoms with Gasteiger partial charge in [0.2, 0.25) is 6.16 Å². The Morgan fingerprint density at radius 2 is 1.94 bits per heavy atom. The van der Waals surface area contributed by atoms with Crippen molar-refractivity contribution in [3.8, 4) is 0 Å². The highest BCUT2D eigenvalue weighted by atomic mass is 32.2. The number of aromatic nitrogens is 4. The topological polar surface area (TPSA) is 243 Å². The number of nitrogen functional groups attached to an aromatic ring is 1. The first kappa shape index (κ1) is 24.5. The van der Waals surface area contributed by atoms with Crippen LogP contribution in [0, 0.1) is 0 Å². The van der Waals surface area contributed by atoms with Crippen LogP contribution in [0.1, 0.15) is 12.6 Å². The van der Waals surface area contributed by atoms with Gasteiger partial charge in [-0.3, -0.25) is 9.36 Å². The fraction of sp³-hybridized carbons (Fsp3) is 0.562. The quantitative estimate of drug-likeness (QED) is 0.225. The third kappa shape index (κ3) is 6.14. The van der Waals surface area contributed by atoms with Crippen LogP contribution in [0.4, 0.5) is 10.6 Å². The van der Waals surface area contributed by atoms with Gasteiger partial charge in [0.1, 0.15) is 47.7 Å². The molecule has 0 radical (unpaired) electrons. The lowest BCUT2D eigenvalue weighted by molar-refractivity contribution is -0.275. The lowest BCUT2D eigenvalue weighted by Gasteiger charge is -2.16. The van der Waals surface area contributed by atoms with E-state index in [1.165, 1.54) is 17.2 Å². The van der Waals surface area contributed by atoms with Crippen molar-refractivity contribution in [2.24, 2.45) is 5.73 Å². The van der Waals surface area contributed by atoms with Crippen molar-refractivity contribution < 1.29 is 39.9 Å². The van der Waals surface area contributed by atoms with Crippen LogP contribution in [0.25, 0.3) is 11.2 Å². The van der Waals surface area contributed by atoms with E-state index in [9.17, 15) is 15.0 Å². The summed E-state index contributed by atoms with van der Waals surface area (Å²) in [5.74, 6) is 0.254. The lowest BCUT2D eigenvalue weighted by atomic mass is 10.1. The first-order chi connectivity index (χ1) is 14.5. The zero-order valence-electron chi connectivity index (χ0n) is 16.4. The molecule has 1 aliphatic rings. The molecule has 3 rings (SSSR count). The Morgan fingerprint density at radius 1 is 1.29 bits per heavy atom. The summed E-state index contributed by atoms with van der Waals surface area (Å²) in [5, 5.41) is 45.0. The number of imidazole rings is 1. The number of carboxylic acid groups (broad SMARTS) is 3. The van der Waals surface area contributed by atoms with Crippen LogP contribution in [0.2, 0.25) is 0 Å². The summed E-state index contributed by atoms with van der Waals surface area (Å²) < 4.78 is 7.41. The predicted molar refractivity (Wildman–Crippen MR) is 107 cm³/mol. The molecule has 8 N–H and O–H groups in total. The van der Waals surface area contributed by atoms with Gasteiger partial charge in [0.15, 0.2) is 17.7 Å². The monoisotopic (exact) mass is 460 g/mol. The Morgan fingerprint density at radius 3 is 2.55 bits per heavy atom. The molecule has 0 aliphatic carbocycles. The van der Waals surface area contributed by atoms with Crippen LogP contribution in [0.5, 0.6) is 0 Å². The highest BCUT2D eigenvalue weighted by Crippen LogP contribution is 2.32. The fourth-order valence-corrected chi connectivity index (χ4v) is 4.63. The summed E-state index contributed by atoms with van der Waals surface area (Å²) in [6, 6.07) is -0.907. The van der Waals surface area contributed by atoms with E-state index >= 15 is 0 Å². The summed E-state index contributed by atoms with van der Waals surface area (Å²) in [7, 11) is -0.235. The van der Waals surface area contributed by atoms with Gasteiger partial charge in [0.25, 0.3) is 0 Å². The van der Waals surface area contributed by atoms with Crippen LogP contribution >= 0.6 is 0 Å². The smallest absolute Gasteiger partial charge is 0.320 e. The number of nitrogens with two attached hydrogens (primary N) is 2. The van der Waals surface area contributed by atoms with Gasteiger partial charge in [0, 0.05) is 6.42 Å². The summed E-state index contributed by atoms with van der Waals surface area (Å²) >= 11 is 0. The molecule has 172 valence electrons. The number of carboxylic acids is 1. The molecule has 6 atom stereocenters. The lowest BCUT2D eigenvalue weighted by Crippen LogP contribution is -2.37. The first-order valence-electron chi connectivity index (χ1n) is 8.95. The molecule has 0 saturated carbocycles. The van der Waals surface area contributed by atoms with Crippen molar-refractivity contribution in [2.45, 2.75) is 37.0 Å². The zero-order chi connectivity index (χ0) is 23.3. The van der Waals surface area contributed by atoms with E-state index < -0.39 is 42.7 Å². The average Bonchev–Trinajstić information content (AvgIpc) is 3.23. The highest BCUT2D eigenvalue weighted by Gasteiger charge is 2.46. The van der Waals surface area contributed by atoms with Crippen LogP contribution in [-0.4, -0.2) is 94.2 Å². The molecule has 1 unspecified atom stereocenters. The Labute approximate surface area is 178 Å². The maximum absolute atomic E-state index is 10.8. The Kier molecular flexibility index (Phi) is 8.35. The number of fused-ring (bicyclic) bond motifs is 1. The molecule has 0 amide bonds. The van der Waals surface area contributed by atoms with E-state index in [2.05, 4.69) is 15.0 Å². The van der Waals surface area contributed by atoms with E-state index in [0.29, 0.717) is 29.1 Å². The maximum Gasteiger partial charge on any atom is 0.320 e. The van der Waals surface area contributed by atoms with E-state index in [4.69, 9.17) is 36.3 Å². The molecule has 1 aliphatic heterocycles. The molecule has 3 heterocycles. The minimum atomic E-state index is -2.08. The molecule has 31 heavy (non-hydrogen) atoms. The van der Waals surface area contributed by atoms with Gasteiger partial charge in [-0.15, -0.1) is 0 Å². The molecule has 1 saturated heterocycles. The second-order valence-corrected chi connectivity index (χ2v) is 9.09. The molecular weight excluding hydrogens is 436 g/mol. The molecule has 2 aromatic rings. The number of ether oxygens (including phenoxy) is 1. The minimum absolute atomic E-state index is 0.216. The van der Waals surface area contributed by atoms with E-state index in [1.54, 1.807) is 0 Å². The van der Waals surface area contributed by atoms with Crippen LogP contribution in [0.15, 0.2) is 12.7 Å². The molecular formula is C16H24N6O8S. The van der Waals surface area contributed by atoms with Crippen molar-refractivity contribution >= 4 is 40.0 Å². The third-order valence-corrected chi connectivity index (χ3v) is 6.37. The van der Waals surface area contributed by atoms with Crippen LogP contribution < -0.4 is 16.6 Å². The van der Waals surface area contributed by atoms with Crippen molar-refractivity contribution in [1.29, 1.82) is 0 Å². The number of nitrogens with zero attached hydrogens (tertiary/aromatic N) is 4. The highest BCUT2D eigenvalue weighted by molar-refractivity contribution is 7.96. The van der Waals surface area contributed by atoms with Crippen LogP contribution in [-0.2, 0) is 20.4 Å². The first-order valence-corrected chi connectivity index (χ1v) is 10.9. The molecule has 1 fully saturated rings. The fourth-order valence-electron chi connectivity index (χ4n) is 2.97. The minimum Gasteiger partial charge on any atom is -0.565 e. The van der Waals surface area contributed by atoms with Gasteiger partial charge in [-0.1, -0.05) is 0 Å². The molecule has 15 heteroatoms. The van der Waals surface area contributed by atoms with Gasteiger partial charge in [-0.2, -0.15) is 0 Å². The van der Waals surface area contributed by atoms with E-state index in [1.807, 2.05) is 6.26 Å². The standard InChI is InChI=1S/C15H22N6O5S.CH2O3/c1-27(3-2-7(16)15(24)25)4-8-10(22)11(23)14(26-8)21-6-20-9-12(17)18-5-19-13(9)21;2-1(3)4/h5-8,10-11,14,22-23H,2-4,16H2,1H3,(H2-,17,18,19,24,25);(H2,2,3,4)/t7-,8+,10+,11+,14+,27?;/m0./s1. The number of aliphatic hydroxyl groups is 2. The zero-order valence-corrected chi connectivity index (χ0v) is 17.3. The van der Waals surface area contributed by atoms with Gasteiger partial charge < -0.3 is 46.5 Å². The Bertz CT molecular complexity index is 909. The van der Waals surface area contributed by atoms with Gasteiger partial charge in [-0.25, -0.2) is 15.0 Å². The summed E-state index contributed by atoms with van der Waals surface area (Å²) in [5.41, 5.74) is 12.1. The number of hydrogen-bond acceptors (Lipinski definition) is 11. The van der Waals surface area contributed by atoms with E-state index in [-0.39, 0.29) is 16.7 Å². The molecule has 2 aromatic heterocycles. The molecule has 14 nitrogen and oxygen atoms in total. The average molecular weight is 460 g/mol.